The first kappa shape index (κ1) is 18.3. The molecule has 3 N–H and O–H groups in total. The highest BCUT2D eigenvalue weighted by atomic mass is 127. The summed E-state index contributed by atoms with van der Waals surface area (Å²) in [4.78, 5) is 12.3. The van der Waals surface area contributed by atoms with Gasteiger partial charge >= 0.3 is 0 Å². The van der Waals surface area contributed by atoms with Crippen molar-refractivity contribution in [1.82, 2.24) is 5.32 Å². The van der Waals surface area contributed by atoms with Crippen molar-refractivity contribution in [1.29, 1.82) is 0 Å². The maximum absolute atomic E-state index is 12.3. The minimum atomic E-state index is -0.227. The zero-order valence-corrected chi connectivity index (χ0v) is 16.7. The number of halogens is 1. The highest BCUT2D eigenvalue weighted by molar-refractivity contribution is 14.1. The van der Waals surface area contributed by atoms with Crippen LogP contribution in [-0.2, 0) is 0 Å². The summed E-state index contributed by atoms with van der Waals surface area (Å²) in [5.74, 6) is -0.227. The van der Waals surface area contributed by atoms with E-state index in [1.54, 1.807) is 6.07 Å². The molecule has 0 atom stereocenters. The van der Waals surface area contributed by atoms with E-state index in [0.29, 0.717) is 5.56 Å². The molecule has 0 saturated heterocycles. The molecule has 0 radical (unpaired) electrons. The molecule has 3 rings (SSSR count). The first-order valence-corrected chi connectivity index (χ1v) is 9.39. The molecule has 0 aliphatic rings. The van der Waals surface area contributed by atoms with E-state index in [1.807, 2.05) is 72.8 Å². The van der Waals surface area contributed by atoms with Crippen LogP contribution in [0.3, 0.4) is 0 Å². The Kier molecular flexibility index (Phi) is 6.19. The third-order valence-electron chi connectivity index (χ3n) is 3.55. The Hall–Kier alpha value is -2.45. The average Bonchev–Trinajstić information content (AvgIpc) is 2.64. The lowest BCUT2D eigenvalue weighted by atomic mass is 10.2. The number of carbonyl (C=O) groups is 1. The predicted octanol–water partition coefficient (Wildman–Crippen LogP) is 5.16. The second-order valence-electron chi connectivity index (χ2n) is 5.46. The normalized spacial score (nSPS) is 10.0. The molecule has 0 spiro atoms. The summed E-state index contributed by atoms with van der Waals surface area (Å²) in [7, 11) is 0. The molecule has 3 aromatic rings. The number of hydrogen-bond donors (Lipinski definition) is 3. The van der Waals surface area contributed by atoms with Crippen LogP contribution in [-0.4, -0.2) is 11.0 Å². The fourth-order valence-electron chi connectivity index (χ4n) is 2.30. The lowest BCUT2D eigenvalue weighted by Gasteiger charge is -2.11. The second-order valence-corrected chi connectivity index (χ2v) is 7.03. The topological polar surface area (TPSA) is 53.2 Å². The SMILES string of the molecule is O=C(NC(=S)Nc1ccc(Nc2ccccc2)cc1)c1ccccc1I. The van der Waals surface area contributed by atoms with Gasteiger partial charge in [-0.1, -0.05) is 30.3 Å². The van der Waals surface area contributed by atoms with E-state index in [2.05, 4.69) is 38.5 Å². The highest BCUT2D eigenvalue weighted by Crippen LogP contribution is 2.18. The zero-order valence-electron chi connectivity index (χ0n) is 13.7. The summed E-state index contributed by atoms with van der Waals surface area (Å²) in [6.07, 6.45) is 0. The van der Waals surface area contributed by atoms with Crippen molar-refractivity contribution in [2.24, 2.45) is 0 Å². The number of amides is 1. The van der Waals surface area contributed by atoms with E-state index < -0.39 is 0 Å². The van der Waals surface area contributed by atoms with Crippen molar-refractivity contribution in [2.45, 2.75) is 0 Å². The highest BCUT2D eigenvalue weighted by Gasteiger charge is 2.10. The molecule has 1 amide bonds. The van der Waals surface area contributed by atoms with Gasteiger partial charge in [0.2, 0.25) is 0 Å². The van der Waals surface area contributed by atoms with E-state index in [0.717, 1.165) is 20.6 Å². The molecule has 0 aliphatic carbocycles. The van der Waals surface area contributed by atoms with Crippen LogP contribution in [0, 0.1) is 3.57 Å². The van der Waals surface area contributed by atoms with Crippen molar-refractivity contribution in [3.8, 4) is 0 Å². The number of anilines is 3. The summed E-state index contributed by atoms with van der Waals surface area (Å²) in [6, 6.07) is 25.0. The van der Waals surface area contributed by atoms with Crippen LogP contribution in [0.2, 0.25) is 0 Å². The van der Waals surface area contributed by atoms with Gasteiger partial charge in [-0.3, -0.25) is 10.1 Å². The molecule has 0 saturated carbocycles. The fourth-order valence-corrected chi connectivity index (χ4v) is 3.15. The molecule has 0 heterocycles. The molecular weight excluding hydrogens is 457 g/mol. The summed E-state index contributed by atoms with van der Waals surface area (Å²) in [6.45, 7) is 0. The van der Waals surface area contributed by atoms with Crippen LogP contribution < -0.4 is 16.0 Å². The quantitative estimate of drug-likeness (QED) is 0.362. The Balaban J connectivity index is 1.58. The predicted molar refractivity (Wildman–Crippen MR) is 119 cm³/mol. The van der Waals surface area contributed by atoms with E-state index >= 15 is 0 Å². The van der Waals surface area contributed by atoms with Gasteiger partial charge in [0.1, 0.15) is 0 Å². The minimum Gasteiger partial charge on any atom is -0.356 e. The number of nitrogens with one attached hydrogen (secondary N) is 3. The second kappa shape index (κ2) is 8.77. The third-order valence-corrected chi connectivity index (χ3v) is 4.70. The third kappa shape index (κ3) is 5.03. The smallest absolute Gasteiger partial charge is 0.258 e. The largest absolute Gasteiger partial charge is 0.356 e. The molecule has 3 aromatic carbocycles. The Morgan fingerprint density at radius 2 is 1.35 bits per heavy atom. The van der Waals surface area contributed by atoms with Crippen LogP contribution >= 0.6 is 34.8 Å². The number of hydrogen-bond acceptors (Lipinski definition) is 3. The van der Waals surface area contributed by atoms with Crippen molar-refractivity contribution in [3.05, 3.63) is 88.0 Å². The standard InChI is InChI=1S/C20H16IN3OS/c21-18-9-5-4-8-17(18)19(25)24-20(26)23-16-12-10-15(11-13-16)22-14-6-2-1-3-7-14/h1-13,22H,(H2,23,24,25,26). The molecule has 0 unspecified atom stereocenters. The molecule has 0 bridgehead atoms. The Morgan fingerprint density at radius 3 is 2.04 bits per heavy atom. The zero-order chi connectivity index (χ0) is 18.4. The summed E-state index contributed by atoms with van der Waals surface area (Å²) in [5, 5.41) is 9.30. The number of para-hydroxylation sites is 1. The first-order valence-electron chi connectivity index (χ1n) is 7.91. The van der Waals surface area contributed by atoms with Gasteiger partial charge in [-0.2, -0.15) is 0 Å². The summed E-state index contributed by atoms with van der Waals surface area (Å²) in [5.41, 5.74) is 3.39. The lowest BCUT2D eigenvalue weighted by Crippen LogP contribution is -2.34. The van der Waals surface area contributed by atoms with E-state index in [9.17, 15) is 4.79 Å². The van der Waals surface area contributed by atoms with Crippen molar-refractivity contribution >= 4 is 62.9 Å². The van der Waals surface area contributed by atoms with Gasteiger partial charge in [0, 0.05) is 20.6 Å². The molecule has 4 nitrogen and oxygen atoms in total. The molecule has 0 aromatic heterocycles. The molecule has 0 fully saturated rings. The summed E-state index contributed by atoms with van der Waals surface area (Å²) < 4.78 is 0.877. The van der Waals surface area contributed by atoms with Crippen molar-refractivity contribution in [2.75, 3.05) is 10.6 Å². The Morgan fingerprint density at radius 1 is 0.769 bits per heavy atom. The van der Waals surface area contributed by atoms with Gasteiger partial charge in [0.15, 0.2) is 5.11 Å². The van der Waals surface area contributed by atoms with Gasteiger partial charge in [0.25, 0.3) is 5.91 Å². The first-order chi connectivity index (χ1) is 12.6. The van der Waals surface area contributed by atoms with Gasteiger partial charge in [-0.25, -0.2) is 0 Å². The number of benzene rings is 3. The van der Waals surface area contributed by atoms with Crippen LogP contribution in [0.25, 0.3) is 0 Å². The molecule has 0 aliphatic heterocycles. The molecular formula is C20H16IN3OS. The number of rotatable bonds is 4. The molecule has 6 heteroatoms. The van der Waals surface area contributed by atoms with Crippen molar-refractivity contribution < 1.29 is 4.79 Å². The maximum atomic E-state index is 12.3. The van der Waals surface area contributed by atoms with Gasteiger partial charge < -0.3 is 10.6 Å². The lowest BCUT2D eigenvalue weighted by molar-refractivity contribution is 0.0977. The van der Waals surface area contributed by atoms with Crippen LogP contribution in [0.5, 0.6) is 0 Å². The Bertz CT molecular complexity index is 914. The van der Waals surface area contributed by atoms with Crippen LogP contribution in [0.15, 0.2) is 78.9 Å². The summed E-state index contributed by atoms with van der Waals surface area (Å²) >= 11 is 7.36. The monoisotopic (exact) mass is 473 g/mol. The fraction of sp³-hybridized carbons (Fsp3) is 0. The van der Waals surface area contributed by atoms with Crippen LogP contribution in [0.1, 0.15) is 10.4 Å². The molecule has 130 valence electrons. The van der Waals surface area contributed by atoms with Gasteiger partial charge in [0.05, 0.1) is 5.56 Å². The average molecular weight is 473 g/mol. The number of carbonyl (C=O) groups excluding carboxylic acids is 1. The number of thiocarbonyl (C=S) groups is 1. The van der Waals surface area contributed by atoms with Crippen LogP contribution in [0.4, 0.5) is 17.1 Å². The Labute approximate surface area is 171 Å². The maximum Gasteiger partial charge on any atom is 0.258 e. The van der Waals surface area contributed by atoms with Gasteiger partial charge in [-0.05, 0) is 83.3 Å². The van der Waals surface area contributed by atoms with E-state index in [-0.39, 0.29) is 11.0 Å². The minimum absolute atomic E-state index is 0.227. The van der Waals surface area contributed by atoms with E-state index in [4.69, 9.17) is 12.2 Å². The van der Waals surface area contributed by atoms with E-state index in [1.165, 1.54) is 0 Å². The molecule has 26 heavy (non-hydrogen) atoms. The van der Waals surface area contributed by atoms with Crippen molar-refractivity contribution in [3.63, 3.8) is 0 Å². The van der Waals surface area contributed by atoms with Gasteiger partial charge in [-0.15, -0.1) is 0 Å².